The standard InChI is InChI=1S/C20H25NO4/c1-14-7-5-6-8-19(14)25-16(3)20(22)21-15(2)13-24-18-11-9-17(23-4)10-12-18/h5-12,15-16H,13H2,1-4H3,(H,21,22)/t15-,16-/m0/s1. The fourth-order valence-corrected chi connectivity index (χ4v) is 2.23. The number of aryl methyl sites for hydroxylation is 1. The van der Waals surface area contributed by atoms with E-state index in [2.05, 4.69) is 5.32 Å². The molecule has 0 spiro atoms. The number of amides is 1. The number of hydrogen-bond acceptors (Lipinski definition) is 4. The second-order valence-electron chi connectivity index (χ2n) is 5.92. The van der Waals surface area contributed by atoms with Crippen molar-refractivity contribution in [2.45, 2.75) is 32.9 Å². The number of nitrogens with one attached hydrogen (secondary N) is 1. The third-order valence-corrected chi connectivity index (χ3v) is 3.71. The highest BCUT2D eigenvalue weighted by molar-refractivity contribution is 5.81. The van der Waals surface area contributed by atoms with Crippen molar-refractivity contribution in [1.82, 2.24) is 5.32 Å². The monoisotopic (exact) mass is 343 g/mol. The van der Waals surface area contributed by atoms with Crippen molar-refractivity contribution in [2.75, 3.05) is 13.7 Å². The SMILES string of the molecule is COc1ccc(OC[C@H](C)NC(=O)[C@H](C)Oc2ccccc2C)cc1. The fraction of sp³-hybridized carbons (Fsp3) is 0.350. The molecule has 134 valence electrons. The second kappa shape index (κ2) is 8.97. The van der Waals surface area contributed by atoms with Gasteiger partial charge in [-0.05, 0) is 56.7 Å². The Hall–Kier alpha value is -2.69. The molecule has 0 saturated heterocycles. The van der Waals surface area contributed by atoms with Gasteiger partial charge in [0, 0.05) is 0 Å². The van der Waals surface area contributed by atoms with Gasteiger partial charge in [0.15, 0.2) is 6.10 Å². The van der Waals surface area contributed by atoms with E-state index >= 15 is 0 Å². The Balaban J connectivity index is 1.79. The zero-order valence-corrected chi connectivity index (χ0v) is 15.1. The summed E-state index contributed by atoms with van der Waals surface area (Å²) in [6.07, 6.45) is -0.579. The van der Waals surface area contributed by atoms with E-state index in [9.17, 15) is 4.79 Å². The molecular weight excluding hydrogens is 318 g/mol. The van der Waals surface area contributed by atoms with Crippen molar-refractivity contribution in [1.29, 1.82) is 0 Å². The molecule has 0 unspecified atom stereocenters. The van der Waals surface area contributed by atoms with Crippen LogP contribution in [0.5, 0.6) is 17.2 Å². The zero-order valence-electron chi connectivity index (χ0n) is 15.1. The van der Waals surface area contributed by atoms with E-state index in [0.29, 0.717) is 12.4 Å². The molecule has 2 atom stereocenters. The molecule has 2 aromatic rings. The molecule has 5 nitrogen and oxygen atoms in total. The summed E-state index contributed by atoms with van der Waals surface area (Å²) >= 11 is 0. The van der Waals surface area contributed by atoms with Crippen LogP contribution in [0.15, 0.2) is 48.5 Å². The number of benzene rings is 2. The summed E-state index contributed by atoms with van der Waals surface area (Å²) in [5, 5.41) is 2.90. The highest BCUT2D eigenvalue weighted by Crippen LogP contribution is 2.18. The summed E-state index contributed by atoms with van der Waals surface area (Å²) in [6, 6.07) is 14.8. The first-order chi connectivity index (χ1) is 12.0. The molecule has 0 radical (unpaired) electrons. The highest BCUT2D eigenvalue weighted by atomic mass is 16.5. The minimum absolute atomic E-state index is 0.141. The molecule has 0 heterocycles. The molecule has 0 aromatic heterocycles. The van der Waals surface area contributed by atoms with Crippen molar-refractivity contribution in [3.63, 3.8) is 0 Å². The Bertz CT molecular complexity index is 684. The van der Waals surface area contributed by atoms with E-state index in [-0.39, 0.29) is 11.9 Å². The lowest BCUT2D eigenvalue weighted by Crippen LogP contribution is -2.43. The molecule has 0 aliphatic carbocycles. The summed E-state index contributed by atoms with van der Waals surface area (Å²) < 4.78 is 16.5. The lowest BCUT2D eigenvalue weighted by molar-refractivity contribution is -0.128. The summed E-state index contributed by atoms with van der Waals surface area (Å²) in [5.74, 6) is 2.04. The molecule has 25 heavy (non-hydrogen) atoms. The Morgan fingerprint density at radius 3 is 2.32 bits per heavy atom. The van der Waals surface area contributed by atoms with E-state index in [1.807, 2.05) is 62.4 Å². The van der Waals surface area contributed by atoms with Crippen molar-refractivity contribution in [3.8, 4) is 17.2 Å². The lowest BCUT2D eigenvalue weighted by atomic mass is 10.2. The van der Waals surface area contributed by atoms with Gasteiger partial charge in [0.2, 0.25) is 0 Å². The normalized spacial score (nSPS) is 12.8. The fourth-order valence-electron chi connectivity index (χ4n) is 2.23. The number of rotatable bonds is 8. The first-order valence-corrected chi connectivity index (χ1v) is 8.29. The number of carbonyl (C=O) groups excluding carboxylic acids is 1. The van der Waals surface area contributed by atoms with Gasteiger partial charge in [-0.1, -0.05) is 18.2 Å². The van der Waals surface area contributed by atoms with E-state index in [1.165, 1.54) is 0 Å². The van der Waals surface area contributed by atoms with Gasteiger partial charge in [-0.2, -0.15) is 0 Å². The maximum atomic E-state index is 12.3. The van der Waals surface area contributed by atoms with E-state index < -0.39 is 6.10 Å². The van der Waals surface area contributed by atoms with Crippen LogP contribution in [0.25, 0.3) is 0 Å². The van der Waals surface area contributed by atoms with Gasteiger partial charge in [0.1, 0.15) is 23.9 Å². The van der Waals surface area contributed by atoms with Gasteiger partial charge in [-0.25, -0.2) is 0 Å². The van der Waals surface area contributed by atoms with Crippen LogP contribution in [0.1, 0.15) is 19.4 Å². The molecule has 1 N–H and O–H groups in total. The Kier molecular flexibility index (Phi) is 6.69. The van der Waals surface area contributed by atoms with E-state index in [4.69, 9.17) is 14.2 Å². The van der Waals surface area contributed by atoms with Crippen molar-refractivity contribution < 1.29 is 19.0 Å². The molecule has 5 heteroatoms. The minimum atomic E-state index is -0.579. The summed E-state index contributed by atoms with van der Waals surface area (Å²) in [7, 11) is 1.62. The van der Waals surface area contributed by atoms with E-state index in [0.717, 1.165) is 17.1 Å². The van der Waals surface area contributed by atoms with Gasteiger partial charge >= 0.3 is 0 Å². The molecule has 0 saturated carbocycles. The number of methoxy groups -OCH3 is 1. The van der Waals surface area contributed by atoms with Crippen LogP contribution >= 0.6 is 0 Å². The summed E-state index contributed by atoms with van der Waals surface area (Å²) in [5.41, 5.74) is 0.998. The van der Waals surface area contributed by atoms with Crippen LogP contribution in [-0.2, 0) is 4.79 Å². The highest BCUT2D eigenvalue weighted by Gasteiger charge is 2.17. The van der Waals surface area contributed by atoms with Crippen LogP contribution in [0.3, 0.4) is 0 Å². The minimum Gasteiger partial charge on any atom is -0.497 e. The molecule has 0 aliphatic heterocycles. The van der Waals surface area contributed by atoms with Crippen LogP contribution in [-0.4, -0.2) is 31.8 Å². The largest absolute Gasteiger partial charge is 0.497 e. The average molecular weight is 343 g/mol. The lowest BCUT2D eigenvalue weighted by Gasteiger charge is -2.20. The molecule has 0 aliphatic rings. The Labute approximate surface area is 148 Å². The predicted molar refractivity (Wildman–Crippen MR) is 97.4 cm³/mol. The molecule has 2 aromatic carbocycles. The average Bonchev–Trinajstić information content (AvgIpc) is 2.62. The van der Waals surface area contributed by atoms with Crippen LogP contribution in [0, 0.1) is 6.92 Å². The topological polar surface area (TPSA) is 56.8 Å². The Morgan fingerprint density at radius 1 is 1.04 bits per heavy atom. The third-order valence-electron chi connectivity index (χ3n) is 3.71. The van der Waals surface area contributed by atoms with Crippen LogP contribution < -0.4 is 19.5 Å². The smallest absolute Gasteiger partial charge is 0.261 e. The number of carbonyl (C=O) groups is 1. The quantitative estimate of drug-likeness (QED) is 0.798. The molecule has 2 rings (SSSR count). The van der Waals surface area contributed by atoms with Gasteiger partial charge in [-0.15, -0.1) is 0 Å². The van der Waals surface area contributed by atoms with E-state index in [1.54, 1.807) is 14.0 Å². The van der Waals surface area contributed by atoms with Crippen molar-refractivity contribution >= 4 is 5.91 Å². The van der Waals surface area contributed by atoms with Gasteiger partial charge in [0.05, 0.1) is 13.2 Å². The molecular formula is C20H25NO4. The maximum Gasteiger partial charge on any atom is 0.261 e. The summed E-state index contributed by atoms with van der Waals surface area (Å²) in [4.78, 5) is 12.3. The molecule has 0 fully saturated rings. The summed E-state index contributed by atoms with van der Waals surface area (Å²) in [6.45, 7) is 5.95. The molecule has 0 bridgehead atoms. The zero-order chi connectivity index (χ0) is 18.2. The first-order valence-electron chi connectivity index (χ1n) is 8.29. The number of ether oxygens (including phenoxy) is 3. The Morgan fingerprint density at radius 2 is 1.68 bits per heavy atom. The maximum absolute atomic E-state index is 12.3. The van der Waals surface area contributed by atoms with Crippen molar-refractivity contribution in [2.24, 2.45) is 0 Å². The van der Waals surface area contributed by atoms with Crippen molar-refractivity contribution in [3.05, 3.63) is 54.1 Å². The van der Waals surface area contributed by atoms with Gasteiger partial charge in [-0.3, -0.25) is 4.79 Å². The predicted octanol–water partition coefficient (Wildman–Crippen LogP) is 3.35. The van der Waals surface area contributed by atoms with Crippen LogP contribution in [0.2, 0.25) is 0 Å². The number of hydrogen-bond donors (Lipinski definition) is 1. The second-order valence-corrected chi connectivity index (χ2v) is 5.92. The molecule has 1 amide bonds. The van der Waals surface area contributed by atoms with Crippen LogP contribution in [0.4, 0.5) is 0 Å². The first kappa shape index (κ1) is 18.6. The van der Waals surface area contributed by atoms with Gasteiger partial charge < -0.3 is 19.5 Å². The number of para-hydroxylation sites is 1. The van der Waals surface area contributed by atoms with Gasteiger partial charge in [0.25, 0.3) is 5.91 Å². The third kappa shape index (κ3) is 5.71.